The van der Waals surface area contributed by atoms with Gasteiger partial charge < -0.3 is 5.73 Å². The number of benzene rings is 1. The number of piperidine rings is 1. The van der Waals surface area contributed by atoms with Gasteiger partial charge in [-0.25, -0.2) is 8.42 Å². The minimum Gasteiger partial charge on any atom is -0.328 e. The van der Waals surface area contributed by atoms with Gasteiger partial charge in [-0.15, -0.1) is 12.4 Å². The van der Waals surface area contributed by atoms with Crippen LogP contribution in [0.25, 0.3) is 0 Å². The van der Waals surface area contributed by atoms with Crippen LogP contribution >= 0.6 is 12.4 Å². The van der Waals surface area contributed by atoms with Crippen molar-refractivity contribution in [2.24, 2.45) is 11.7 Å². The summed E-state index contributed by atoms with van der Waals surface area (Å²) in [5, 5.41) is 0. The van der Waals surface area contributed by atoms with Crippen molar-refractivity contribution < 1.29 is 21.6 Å². The van der Waals surface area contributed by atoms with E-state index in [0.29, 0.717) is 25.9 Å². The Balaban J connectivity index is 0.00000264. The van der Waals surface area contributed by atoms with Crippen LogP contribution in [0.1, 0.15) is 25.3 Å². The van der Waals surface area contributed by atoms with Crippen LogP contribution in [-0.4, -0.2) is 31.9 Å². The van der Waals surface area contributed by atoms with Crippen molar-refractivity contribution in [2.75, 3.05) is 13.1 Å². The molecular weight excluding hydrogens is 353 g/mol. The maximum atomic E-state index is 12.5. The van der Waals surface area contributed by atoms with Gasteiger partial charge in [-0.05, 0) is 49.9 Å². The van der Waals surface area contributed by atoms with E-state index in [9.17, 15) is 21.6 Å². The smallest absolute Gasteiger partial charge is 0.328 e. The molecule has 0 aromatic heterocycles. The molecule has 132 valence electrons. The highest BCUT2D eigenvalue weighted by Crippen LogP contribution is 2.31. The van der Waals surface area contributed by atoms with Crippen molar-refractivity contribution in [3.63, 3.8) is 0 Å². The third-order valence-electron chi connectivity index (χ3n) is 4.06. The first-order valence-corrected chi connectivity index (χ1v) is 8.49. The molecule has 0 radical (unpaired) electrons. The Morgan fingerprint density at radius 1 is 1.17 bits per heavy atom. The van der Waals surface area contributed by atoms with Gasteiger partial charge in [0.15, 0.2) is 0 Å². The Hall–Kier alpha value is -0.830. The van der Waals surface area contributed by atoms with Crippen molar-refractivity contribution in [2.45, 2.75) is 36.9 Å². The number of alkyl halides is 3. The number of hydrogen-bond acceptors (Lipinski definition) is 3. The van der Waals surface area contributed by atoms with Crippen molar-refractivity contribution in [1.29, 1.82) is 0 Å². The van der Waals surface area contributed by atoms with Crippen molar-refractivity contribution in [3.8, 4) is 0 Å². The highest BCUT2D eigenvalue weighted by atomic mass is 35.5. The standard InChI is InChI=1S/C14H19F3N2O2S.ClH/c1-10(18)11-6-8-19(9-7-11)22(20,21)13-4-2-12(3-5-13)14(15,16)17;/h2-5,10-11H,6-9,18H2,1H3;1H. The Bertz CT molecular complexity index is 610. The fourth-order valence-electron chi connectivity index (χ4n) is 2.61. The van der Waals surface area contributed by atoms with Gasteiger partial charge >= 0.3 is 6.18 Å². The quantitative estimate of drug-likeness (QED) is 0.887. The van der Waals surface area contributed by atoms with Gasteiger partial charge in [0, 0.05) is 19.1 Å². The topological polar surface area (TPSA) is 63.4 Å². The first kappa shape index (κ1) is 20.2. The summed E-state index contributed by atoms with van der Waals surface area (Å²) in [4.78, 5) is -0.111. The van der Waals surface area contributed by atoms with E-state index in [0.717, 1.165) is 24.3 Å². The predicted octanol–water partition coefficient (Wildman–Crippen LogP) is 2.88. The second-order valence-corrected chi connectivity index (χ2v) is 7.56. The van der Waals surface area contributed by atoms with Crippen LogP contribution in [0.2, 0.25) is 0 Å². The molecule has 0 amide bonds. The summed E-state index contributed by atoms with van der Waals surface area (Å²) in [5.41, 5.74) is 4.96. The zero-order valence-electron chi connectivity index (χ0n) is 12.6. The molecule has 9 heteroatoms. The van der Waals surface area contributed by atoms with Gasteiger partial charge in [-0.3, -0.25) is 0 Å². The highest BCUT2D eigenvalue weighted by molar-refractivity contribution is 7.89. The molecule has 23 heavy (non-hydrogen) atoms. The van der Waals surface area contributed by atoms with E-state index < -0.39 is 21.8 Å². The van der Waals surface area contributed by atoms with Crippen molar-refractivity contribution >= 4 is 22.4 Å². The molecule has 1 fully saturated rings. The maximum absolute atomic E-state index is 12.5. The maximum Gasteiger partial charge on any atom is 0.416 e. The molecule has 1 aromatic carbocycles. The summed E-state index contributed by atoms with van der Waals surface area (Å²) in [6, 6.07) is 3.62. The van der Waals surface area contributed by atoms with Crippen molar-refractivity contribution in [3.05, 3.63) is 29.8 Å². The summed E-state index contributed by atoms with van der Waals surface area (Å²) < 4.78 is 63.7. The number of nitrogens with zero attached hydrogens (tertiary/aromatic N) is 1. The zero-order chi connectivity index (χ0) is 16.5. The lowest BCUT2D eigenvalue weighted by Gasteiger charge is -2.32. The molecule has 1 heterocycles. The Morgan fingerprint density at radius 3 is 2.04 bits per heavy atom. The summed E-state index contributed by atoms with van der Waals surface area (Å²) in [5.74, 6) is 0.277. The minimum absolute atomic E-state index is 0. The van der Waals surface area contributed by atoms with E-state index in [1.807, 2.05) is 6.92 Å². The van der Waals surface area contributed by atoms with Crippen LogP contribution in [0.15, 0.2) is 29.2 Å². The average molecular weight is 373 g/mol. The molecule has 2 rings (SSSR count). The van der Waals surface area contributed by atoms with Gasteiger partial charge in [-0.2, -0.15) is 17.5 Å². The van der Waals surface area contributed by atoms with Gasteiger partial charge in [0.1, 0.15) is 0 Å². The Kier molecular flexibility index (Phi) is 6.48. The largest absolute Gasteiger partial charge is 0.416 e. The summed E-state index contributed by atoms with van der Waals surface area (Å²) in [7, 11) is -3.75. The van der Waals surface area contributed by atoms with Gasteiger partial charge in [0.2, 0.25) is 10.0 Å². The van der Waals surface area contributed by atoms with Gasteiger partial charge in [-0.1, -0.05) is 0 Å². The van der Waals surface area contributed by atoms with E-state index in [4.69, 9.17) is 5.73 Å². The molecule has 0 bridgehead atoms. The summed E-state index contributed by atoms with van der Waals surface area (Å²) >= 11 is 0. The SMILES string of the molecule is CC(N)C1CCN(S(=O)(=O)c2ccc(C(F)(F)F)cc2)CC1.Cl. The summed E-state index contributed by atoms with van der Waals surface area (Å²) in [6.45, 7) is 2.58. The molecule has 0 aliphatic carbocycles. The van der Waals surface area contributed by atoms with E-state index in [-0.39, 0.29) is 29.3 Å². The molecule has 1 unspecified atom stereocenters. The van der Waals surface area contributed by atoms with Crippen LogP contribution in [0.3, 0.4) is 0 Å². The predicted molar refractivity (Wildman–Crippen MR) is 83.8 cm³/mol. The average Bonchev–Trinajstić information content (AvgIpc) is 2.46. The second-order valence-electron chi connectivity index (χ2n) is 5.62. The molecule has 2 N–H and O–H groups in total. The normalized spacial score (nSPS) is 19.2. The first-order valence-electron chi connectivity index (χ1n) is 7.05. The molecule has 1 aromatic rings. The molecule has 1 atom stereocenters. The van der Waals surface area contributed by atoms with Crippen LogP contribution in [0, 0.1) is 5.92 Å². The van der Waals surface area contributed by atoms with Gasteiger partial charge in [0.25, 0.3) is 0 Å². The molecule has 0 spiro atoms. The molecule has 1 saturated heterocycles. The number of hydrogen-bond donors (Lipinski definition) is 1. The Labute approximate surface area is 140 Å². The number of nitrogens with two attached hydrogens (primary N) is 1. The van der Waals surface area contributed by atoms with Gasteiger partial charge in [0.05, 0.1) is 10.5 Å². The monoisotopic (exact) mass is 372 g/mol. The number of sulfonamides is 1. The highest BCUT2D eigenvalue weighted by Gasteiger charge is 2.33. The molecule has 4 nitrogen and oxygen atoms in total. The molecule has 1 aliphatic heterocycles. The van der Waals surface area contributed by atoms with E-state index in [1.54, 1.807) is 0 Å². The van der Waals surface area contributed by atoms with Crippen molar-refractivity contribution in [1.82, 2.24) is 4.31 Å². The Morgan fingerprint density at radius 2 is 1.65 bits per heavy atom. The summed E-state index contributed by atoms with van der Waals surface area (Å²) in [6.07, 6.45) is -3.15. The molecule has 1 aliphatic rings. The molecule has 0 saturated carbocycles. The zero-order valence-corrected chi connectivity index (χ0v) is 14.2. The first-order chi connectivity index (χ1) is 10.1. The second kappa shape index (κ2) is 7.38. The van der Waals surface area contributed by atoms with Crippen LogP contribution in [0.5, 0.6) is 0 Å². The number of rotatable bonds is 3. The molecular formula is C14H20ClF3N2O2S. The van der Waals surface area contributed by atoms with E-state index in [2.05, 4.69) is 0 Å². The van der Waals surface area contributed by atoms with Crippen LogP contribution in [0.4, 0.5) is 13.2 Å². The van der Waals surface area contributed by atoms with E-state index >= 15 is 0 Å². The third-order valence-corrected chi connectivity index (χ3v) is 5.97. The van der Waals surface area contributed by atoms with E-state index in [1.165, 1.54) is 4.31 Å². The fraction of sp³-hybridized carbons (Fsp3) is 0.571. The lowest BCUT2D eigenvalue weighted by atomic mass is 9.92. The lowest BCUT2D eigenvalue weighted by molar-refractivity contribution is -0.137. The third kappa shape index (κ3) is 4.59. The number of halogens is 4. The lowest BCUT2D eigenvalue weighted by Crippen LogP contribution is -2.42. The van der Waals surface area contributed by atoms with Crippen LogP contribution < -0.4 is 5.73 Å². The van der Waals surface area contributed by atoms with Crippen LogP contribution in [-0.2, 0) is 16.2 Å². The fourth-order valence-corrected chi connectivity index (χ4v) is 4.08. The minimum atomic E-state index is -4.47.